The number of carbonyl (C=O) groups excluding carboxylic acids is 3. The fourth-order valence-electron chi connectivity index (χ4n) is 4.78. The molecule has 0 atom stereocenters. The second-order valence-electron chi connectivity index (χ2n) is 9.64. The van der Waals surface area contributed by atoms with Crippen molar-refractivity contribution in [2.75, 3.05) is 20.2 Å². The quantitative estimate of drug-likeness (QED) is 0.0595. The molecule has 0 spiro atoms. The first-order valence-corrected chi connectivity index (χ1v) is 15.1. The minimum Gasteiger partial charge on any atom is -0.462 e. The van der Waals surface area contributed by atoms with Gasteiger partial charge in [-0.1, -0.05) is 48.4 Å². The molecule has 0 aliphatic carbocycles. The van der Waals surface area contributed by atoms with E-state index in [1.54, 1.807) is 25.1 Å². The first kappa shape index (κ1) is 31.1. The monoisotopic (exact) mass is 646 g/mol. The lowest BCUT2D eigenvalue weighted by Gasteiger charge is -2.19. The maximum atomic E-state index is 13.5. The Morgan fingerprint density at radius 3 is 2.45 bits per heavy atom. The average Bonchev–Trinajstić information content (AvgIpc) is 3.25. The molecule has 3 aromatic carbocycles. The van der Waals surface area contributed by atoms with Crippen molar-refractivity contribution in [3.63, 3.8) is 0 Å². The molecule has 42 heavy (non-hydrogen) atoms. The van der Waals surface area contributed by atoms with Crippen molar-refractivity contribution in [1.82, 2.24) is 9.47 Å². The van der Waals surface area contributed by atoms with E-state index in [1.165, 1.54) is 18.7 Å². The van der Waals surface area contributed by atoms with Crippen LogP contribution in [0.3, 0.4) is 0 Å². The summed E-state index contributed by atoms with van der Waals surface area (Å²) in [5, 5.41) is 0.642. The third kappa shape index (κ3) is 6.79. The highest BCUT2D eigenvalue weighted by molar-refractivity contribution is 9.10. The standard InChI is InChI=1S/C33H31BrN2O5S/c1-6-16-35(4)19-25-29-27(18-26(34)32(25)41-21(3)37)36(5)28(30(29)33(39)40-7-2)20-42-24-15-11-14-23(17-24)31(38)22-12-9-8-10-13-22/h1,8-15,17-18H,7,16,19-20H2,2-5H3. The van der Waals surface area contributed by atoms with E-state index >= 15 is 0 Å². The Kier molecular flexibility index (Phi) is 10.3. The number of benzene rings is 3. The van der Waals surface area contributed by atoms with Gasteiger partial charge in [-0.15, -0.1) is 18.2 Å². The Labute approximate surface area is 258 Å². The molecule has 0 amide bonds. The van der Waals surface area contributed by atoms with Crippen LogP contribution < -0.4 is 4.74 Å². The zero-order valence-corrected chi connectivity index (χ0v) is 26.3. The summed E-state index contributed by atoms with van der Waals surface area (Å²) in [6.07, 6.45) is 5.56. The molecule has 0 N–H and O–H groups in total. The van der Waals surface area contributed by atoms with Gasteiger partial charge in [0.25, 0.3) is 0 Å². The Balaban J connectivity index is 1.82. The van der Waals surface area contributed by atoms with E-state index in [0.29, 0.717) is 56.7 Å². The number of aryl methyl sites for hydroxylation is 1. The summed E-state index contributed by atoms with van der Waals surface area (Å²) in [5.74, 6) is 2.38. The summed E-state index contributed by atoms with van der Waals surface area (Å²) in [5.41, 5.74) is 3.77. The van der Waals surface area contributed by atoms with E-state index in [-0.39, 0.29) is 12.4 Å². The van der Waals surface area contributed by atoms with Crippen molar-refractivity contribution in [1.29, 1.82) is 0 Å². The minimum absolute atomic E-state index is 0.0570. The number of nitrogens with zero attached hydrogens (tertiary/aromatic N) is 2. The molecular weight excluding hydrogens is 616 g/mol. The van der Waals surface area contributed by atoms with Gasteiger partial charge in [0, 0.05) is 58.9 Å². The Morgan fingerprint density at radius 1 is 1.07 bits per heavy atom. The highest BCUT2D eigenvalue weighted by Crippen LogP contribution is 2.42. The smallest absolute Gasteiger partial charge is 0.340 e. The van der Waals surface area contributed by atoms with E-state index in [0.717, 1.165) is 16.1 Å². The molecule has 0 aliphatic rings. The molecule has 4 aromatic rings. The zero-order valence-electron chi connectivity index (χ0n) is 23.9. The van der Waals surface area contributed by atoms with Crippen LogP contribution in [0.4, 0.5) is 0 Å². The van der Waals surface area contributed by atoms with Crippen LogP contribution in [0.25, 0.3) is 10.9 Å². The van der Waals surface area contributed by atoms with Crippen molar-refractivity contribution in [2.24, 2.45) is 7.05 Å². The molecule has 0 aliphatic heterocycles. The summed E-state index contributed by atoms with van der Waals surface area (Å²) >= 11 is 5.09. The van der Waals surface area contributed by atoms with Gasteiger partial charge in [0.2, 0.25) is 0 Å². The number of halogens is 1. The number of hydrogen-bond acceptors (Lipinski definition) is 7. The maximum absolute atomic E-state index is 13.5. The summed E-state index contributed by atoms with van der Waals surface area (Å²) in [6.45, 7) is 3.98. The Morgan fingerprint density at radius 2 is 1.79 bits per heavy atom. The molecule has 0 bridgehead atoms. The summed E-state index contributed by atoms with van der Waals surface area (Å²) in [6, 6.07) is 18.4. The van der Waals surface area contributed by atoms with Gasteiger partial charge < -0.3 is 14.0 Å². The fourth-order valence-corrected chi connectivity index (χ4v) is 6.35. The van der Waals surface area contributed by atoms with Crippen LogP contribution in [0.15, 0.2) is 70.0 Å². The molecule has 1 aromatic heterocycles. The van der Waals surface area contributed by atoms with Crippen LogP contribution in [0.1, 0.15) is 51.4 Å². The lowest BCUT2D eigenvalue weighted by molar-refractivity contribution is -0.132. The number of terminal acetylenes is 1. The van der Waals surface area contributed by atoms with E-state index in [9.17, 15) is 14.4 Å². The number of ketones is 1. The number of fused-ring (bicyclic) bond motifs is 1. The van der Waals surface area contributed by atoms with E-state index < -0.39 is 11.9 Å². The Bertz CT molecular complexity index is 1690. The van der Waals surface area contributed by atoms with Gasteiger partial charge in [0.1, 0.15) is 5.75 Å². The van der Waals surface area contributed by atoms with Crippen molar-refractivity contribution in [2.45, 2.75) is 31.0 Å². The van der Waals surface area contributed by atoms with Gasteiger partial charge >= 0.3 is 11.9 Å². The van der Waals surface area contributed by atoms with Crippen LogP contribution in [0.2, 0.25) is 0 Å². The van der Waals surface area contributed by atoms with E-state index in [4.69, 9.17) is 15.9 Å². The van der Waals surface area contributed by atoms with Crippen LogP contribution in [0.5, 0.6) is 5.75 Å². The topological polar surface area (TPSA) is 77.8 Å². The highest BCUT2D eigenvalue weighted by Gasteiger charge is 2.29. The Hall–Kier alpha value is -3.84. The van der Waals surface area contributed by atoms with Gasteiger partial charge in [-0.25, -0.2) is 4.79 Å². The van der Waals surface area contributed by atoms with Crippen molar-refractivity contribution >= 4 is 56.3 Å². The van der Waals surface area contributed by atoms with Crippen molar-refractivity contribution in [3.8, 4) is 18.1 Å². The largest absolute Gasteiger partial charge is 0.462 e. The second-order valence-corrected chi connectivity index (χ2v) is 11.5. The summed E-state index contributed by atoms with van der Waals surface area (Å²) < 4.78 is 13.7. The summed E-state index contributed by atoms with van der Waals surface area (Å²) in [7, 11) is 3.75. The number of ether oxygens (including phenoxy) is 2. The second kappa shape index (κ2) is 13.9. The van der Waals surface area contributed by atoms with Gasteiger partial charge in [-0.3, -0.25) is 14.5 Å². The molecule has 9 heteroatoms. The number of esters is 2. The fraction of sp³-hybridized carbons (Fsp3) is 0.242. The number of aromatic nitrogens is 1. The predicted molar refractivity (Wildman–Crippen MR) is 169 cm³/mol. The highest BCUT2D eigenvalue weighted by atomic mass is 79.9. The average molecular weight is 648 g/mol. The maximum Gasteiger partial charge on any atom is 0.340 e. The lowest BCUT2D eigenvalue weighted by atomic mass is 10.0. The number of thioether (sulfide) groups is 1. The molecule has 0 saturated carbocycles. The van der Waals surface area contributed by atoms with Gasteiger partial charge in [0.15, 0.2) is 5.78 Å². The normalized spacial score (nSPS) is 11.0. The molecule has 0 unspecified atom stereocenters. The molecule has 0 fully saturated rings. The lowest BCUT2D eigenvalue weighted by Crippen LogP contribution is -2.20. The van der Waals surface area contributed by atoms with Crippen LogP contribution in [0, 0.1) is 12.3 Å². The molecule has 1 heterocycles. The third-order valence-electron chi connectivity index (χ3n) is 6.64. The van der Waals surface area contributed by atoms with Crippen LogP contribution in [-0.2, 0) is 28.9 Å². The van der Waals surface area contributed by atoms with Gasteiger partial charge in [-0.05, 0) is 48.1 Å². The van der Waals surface area contributed by atoms with E-state index in [1.807, 2.05) is 66.0 Å². The molecule has 0 radical (unpaired) electrons. The van der Waals surface area contributed by atoms with Crippen molar-refractivity contribution in [3.05, 3.63) is 93.1 Å². The van der Waals surface area contributed by atoms with Crippen molar-refractivity contribution < 1.29 is 23.9 Å². The van der Waals surface area contributed by atoms with Crippen LogP contribution >= 0.6 is 27.7 Å². The zero-order chi connectivity index (χ0) is 30.4. The molecule has 7 nitrogen and oxygen atoms in total. The van der Waals surface area contributed by atoms with Gasteiger partial charge in [-0.2, -0.15) is 0 Å². The van der Waals surface area contributed by atoms with Gasteiger partial charge in [0.05, 0.1) is 28.7 Å². The number of rotatable bonds is 11. The number of hydrogen-bond donors (Lipinski definition) is 0. The van der Waals surface area contributed by atoms with E-state index in [2.05, 4.69) is 21.9 Å². The first-order valence-electron chi connectivity index (χ1n) is 13.3. The number of carbonyl (C=O) groups is 3. The summed E-state index contributed by atoms with van der Waals surface area (Å²) in [4.78, 5) is 41.4. The molecule has 216 valence electrons. The first-order chi connectivity index (χ1) is 20.2. The SMILES string of the molecule is C#CCN(C)Cc1c(OC(C)=O)c(Br)cc2c1c(C(=O)OCC)c(CSc1cccc(C(=O)c3ccccc3)c1)n2C. The minimum atomic E-state index is -0.481. The molecular formula is C33H31BrN2O5S. The molecule has 0 saturated heterocycles. The van der Waals surface area contributed by atoms with Crippen LogP contribution in [-0.4, -0.2) is 47.4 Å². The predicted octanol–water partition coefficient (Wildman–Crippen LogP) is 6.63. The third-order valence-corrected chi connectivity index (χ3v) is 8.23. The molecule has 4 rings (SSSR count).